The van der Waals surface area contributed by atoms with E-state index in [1.54, 1.807) is 0 Å². The molecule has 4 rings (SSSR count). The van der Waals surface area contributed by atoms with Gasteiger partial charge in [0.25, 0.3) is 0 Å². The third-order valence-corrected chi connectivity index (χ3v) is 6.04. The number of para-hydroxylation sites is 1. The van der Waals surface area contributed by atoms with Crippen molar-refractivity contribution < 1.29 is 9.47 Å². The Hall–Kier alpha value is -2.57. The number of aliphatic imine (C=N–C) groups is 1. The van der Waals surface area contributed by atoms with E-state index in [2.05, 4.69) is 68.6 Å². The van der Waals surface area contributed by atoms with Gasteiger partial charge in [-0.05, 0) is 23.6 Å². The number of nitrogens with zero attached hydrogens (tertiary/aromatic N) is 3. The Labute approximate surface area is 185 Å². The second-order valence-corrected chi connectivity index (χ2v) is 8.23. The molecule has 2 heterocycles. The van der Waals surface area contributed by atoms with Gasteiger partial charge in [-0.15, -0.1) is 0 Å². The van der Waals surface area contributed by atoms with Crippen LogP contribution in [-0.4, -0.2) is 63.9 Å². The Morgan fingerprint density at radius 2 is 1.84 bits per heavy atom. The van der Waals surface area contributed by atoms with Gasteiger partial charge in [0.1, 0.15) is 0 Å². The summed E-state index contributed by atoms with van der Waals surface area (Å²) in [4.78, 5) is 9.32. The van der Waals surface area contributed by atoms with E-state index in [-0.39, 0.29) is 0 Å². The Morgan fingerprint density at radius 3 is 2.65 bits per heavy atom. The molecule has 2 aliphatic rings. The molecule has 1 atom stereocenters. The molecule has 2 aliphatic heterocycles. The molecule has 2 aromatic carbocycles. The molecule has 6 nitrogen and oxygen atoms in total. The van der Waals surface area contributed by atoms with Gasteiger partial charge < -0.3 is 24.6 Å². The summed E-state index contributed by atoms with van der Waals surface area (Å²) >= 11 is 0. The summed E-state index contributed by atoms with van der Waals surface area (Å²) in [5.74, 6) is 1.52. The molecule has 166 valence electrons. The van der Waals surface area contributed by atoms with E-state index in [4.69, 9.17) is 9.47 Å². The highest BCUT2D eigenvalue weighted by Gasteiger charge is 2.25. The molecule has 31 heavy (non-hydrogen) atoms. The minimum Gasteiger partial charge on any atom is -0.378 e. The summed E-state index contributed by atoms with van der Waals surface area (Å²) in [6, 6.07) is 19.0. The molecule has 2 aromatic rings. The Bertz CT molecular complexity index is 836. The highest BCUT2D eigenvalue weighted by molar-refractivity contribution is 5.80. The van der Waals surface area contributed by atoms with Crippen LogP contribution in [0.3, 0.4) is 0 Å². The SMILES string of the molecule is CN=C(NCc1ccccc1N1CCOCC1)N1CCC(COCc2ccccc2)C1. The zero-order chi connectivity index (χ0) is 21.3. The highest BCUT2D eigenvalue weighted by Crippen LogP contribution is 2.22. The monoisotopic (exact) mass is 422 g/mol. The second-order valence-electron chi connectivity index (χ2n) is 8.23. The number of benzene rings is 2. The van der Waals surface area contributed by atoms with Gasteiger partial charge in [0.05, 0.1) is 26.4 Å². The number of anilines is 1. The van der Waals surface area contributed by atoms with Gasteiger partial charge in [0.15, 0.2) is 5.96 Å². The summed E-state index contributed by atoms with van der Waals surface area (Å²) in [6.07, 6.45) is 1.14. The first kappa shape index (κ1) is 21.7. The Morgan fingerprint density at radius 1 is 1.06 bits per heavy atom. The average molecular weight is 423 g/mol. The van der Waals surface area contributed by atoms with Crippen LogP contribution in [0.25, 0.3) is 0 Å². The van der Waals surface area contributed by atoms with E-state index in [1.165, 1.54) is 16.8 Å². The van der Waals surface area contributed by atoms with Crippen molar-refractivity contribution in [3.05, 3.63) is 65.7 Å². The van der Waals surface area contributed by atoms with Gasteiger partial charge >= 0.3 is 0 Å². The summed E-state index contributed by atoms with van der Waals surface area (Å²) in [7, 11) is 1.87. The summed E-state index contributed by atoms with van der Waals surface area (Å²) in [5.41, 5.74) is 3.82. The highest BCUT2D eigenvalue weighted by atomic mass is 16.5. The van der Waals surface area contributed by atoms with Crippen molar-refractivity contribution in [1.82, 2.24) is 10.2 Å². The van der Waals surface area contributed by atoms with Crippen LogP contribution < -0.4 is 10.2 Å². The number of morpholine rings is 1. The number of ether oxygens (including phenoxy) is 2. The lowest BCUT2D eigenvalue weighted by molar-refractivity contribution is 0.0906. The molecule has 0 bridgehead atoms. The number of hydrogen-bond donors (Lipinski definition) is 1. The van der Waals surface area contributed by atoms with Crippen LogP contribution in [0, 0.1) is 5.92 Å². The van der Waals surface area contributed by atoms with E-state index < -0.39 is 0 Å². The number of rotatable bonds is 7. The van der Waals surface area contributed by atoms with Crippen molar-refractivity contribution in [2.45, 2.75) is 19.6 Å². The predicted octanol–water partition coefficient (Wildman–Crippen LogP) is 3.14. The third kappa shape index (κ3) is 5.99. The first-order valence-corrected chi connectivity index (χ1v) is 11.3. The fourth-order valence-corrected chi connectivity index (χ4v) is 4.36. The molecule has 0 amide bonds. The second kappa shape index (κ2) is 11.2. The van der Waals surface area contributed by atoms with Crippen molar-refractivity contribution in [1.29, 1.82) is 0 Å². The van der Waals surface area contributed by atoms with E-state index in [1.807, 2.05) is 13.1 Å². The first-order chi connectivity index (χ1) is 15.3. The van der Waals surface area contributed by atoms with Crippen molar-refractivity contribution in [2.24, 2.45) is 10.9 Å². The van der Waals surface area contributed by atoms with Crippen LogP contribution >= 0.6 is 0 Å². The third-order valence-electron chi connectivity index (χ3n) is 6.04. The van der Waals surface area contributed by atoms with Crippen LogP contribution in [0.5, 0.6) is 0 Å². The molecule has 1 N–H and O–H groups in total. The predicted molar refractivity (Wildman–Crippen MR) is 125 cm³/mol. The summed E-state index contributed by atoms with van der Waals surface area (Å²) < 4.78 is 11.5. The fraction of sp³-hybridized carbons (Fsp3) is 0.480. The number of guanidine groups is 1. The normalized spacial score (nSPS) is 19.6. The van der Waals surface area contributed by atoms with Crippen molar-refractivity contribution in [3.8, 4) is 0 Å². The molecule has 0 saturated carbocycles. The van der Waals surface area contributed by atoms with Crippen LogP contribution in [0.2, 0.25) is 0 Å². The summed E-state index contributed by atoms with van der Waals surface area (Å²) in [5, 5.41) is 3.59. The minimum atomic E-state index is 0.544. The van der Waals surface area contributed by atoms with E-state index in [9.17, 15) is 0 Å². The lowest BCUT2D eigenvalue weighted by Crippen LogP contribution is -2.40. The molecular formula is C25H34N4O2. The molecule has 2 saturated heterocycles. The lowest BCUT2D eigenvalue weighted by atomic mass is 10.1. The molecule has 0 radical (unpaired) electrons. The summed E-state index contributed by atoms with van der Waals surface area (Å²) in [6.45, 7) is 7.74. The van der Waals surface area contributed by atoms with Crippen molar-refractivity contribution >= 4 is 11.6 Å². The molecule has 6 heteroatoms. The molecule has 2 fully saturated rings. The van der Waals surface area contributed by atoms with Crippen LogP contribution in [0.1, 0.15) is 17.5 Å². The lowest BCUT2D eigenvalue weighted by Gasteiger charge is -2.31. The zero-order valence-corrected chi connectivity index (χ0v) is 18.5. The Kier molecular flexibility index (Phi) is 7.80. The van der Waals surface area contributed by atoms with Crippen LogP contribution in [0.4, 0.5) is 5.69 Å². The van der Waals surface area contributed by atoms with Gasteiger partial charge in [0.2, 0.25) is 0 Å². The van der Waals surface area contributed by atoms with Gasteiger partial charge in [-0.25, -0.2) is 0 Å². The smallest absolute Gasteiger partial charge is 0.193 e. The number of nitrogens with one attached hydrogen (secondary N) is 1. The van der Waals surface area contributed by atoms with Gasteiger partial charge in [0, 0.05) is 51.4 Å². The largest absolute Gasteiger partial charge is 0.378 e. The maximum atomic E-state index is 5.97. The standard InChI is InChI=1S/C25H34N4O2/c1-26-25(27-17-23-9-5-6-10-24(23)28-13-15-30-16-14-28)29-12-11-22(18-29)20-31-19-21-7-3-2-4-8-21/h2-10,22H,11-20H2,1H3,(H,26,27). The zero-order valence-electron chi connectivity index (χ0n) is 18.5. The van der Waals surface area contributed by atoms with E-state index in [0.717, 1.165) is 64.9 Å². The maximum Gasteiger partial charge on any atom is 0.193 e. The van der Waals surface area contributed by atoms with Crippen molar-refractivity contribution in [3.63, 3.8) is 0 Å². The van der Waals surface area contributed by atoms with Crippen molar-refractivity contribution in [2.75, 3.05) is 57.9 Å². The molecule has 0 spiro atoms. The van der Waals surface area contributed by atoms with E-state index >= 15 is 0 Å². The maximum absolute atomic E-state index is 5.97. The number of hydrogen-bond acceptors (Lipinski definition) is 4. The van der Waals surface area contributed by atoms with Gasteiger partial charge in [-0.1, -0.05) is 48.5 Å². The fourth-order valence-electron chi connectivity index (χ4n) is 4.36. The molecule has 1 unspecified atom stereocenters. The van der Waals surface area contributed by atoms with Gasteiger partial charge in [-0.3, -0.25) is 4.99 Å². The van der Waals surface area contributed by atoms with Gasteiger partial charge in [-0.2, -0.15) is 0 Å². The van der Waals surface area contributed by atoms with E-state index in [0.29, 0.717) is 12.5 Å². The Balaban J connectivity index is 1.26. The molecule has 0 aromatic heterocycles. The molecular weight excluding hydrogens is 388 g/mol. The topological polar surface area (TPSA) is 49.3 Å². The quantitative estimate of drug-likeness (QED) is 0.549. The minimum absolute atomic E-state index is 0.544. The number of likely N-dealkylation sites (tertiary alicyclic amines) is 1. The average Bonchev–Trinajstić information content (AvgIpc) is 3.30. The van der Waals surface area contributed by atoms with Crippen LogP contribution in [0.15, 0.2) is 59.6 Å². The molecule has 0 aliphatic carbocycles. The first-order valence-electron chi connectivity index (χ1n) is 11.3. The van der Waals surface area contributed by atoms with Crippen LogP contribution in [-0.2, 0) is 22.6 Å².